The molecule has 0 unspecified atom stereocenters. The van der Waals surface area contributed by atoms with Gasteiger partial charge in [0.1, 0.15) is 0 Å². The molecule has 0 aliphatic heterocycles. The number of allylic oxidation sites excluding steroid dienone is 2. The molecule has 0 saturated carbocycles. The van der Waals surface area contributed by atoms with E-state index in [1.165, 1.54) is 5.57 Å². The summed E-state index contributed by atoms with van der Waals surface area (Å²) < 4.78 is 0. The quantitative estimate of drug-likeness (QED) is 0.703. The van der Waals surface area contributed by atoms with E-state index in [-0.39, 0.29) is 0 Å². The number of pyridine rings is 1. The van der Waals surface area contributed by atoms with Crippen molar-refractivity contribution in [1.29, 1.82) is 5.41 Å². The highest BCUT2D eigenvalue weighted by atomic mass is 14.7. The number of nitrogens with one attached hydrogen (secondary N) is 1. The van der Waals surface area contributed by atoms with Gasteiger partial charge in [0.25, 0.3) is 0 Å². The number of hydrogen-bond acceptors (Lipinski definition) is 2. The lowest BCUT2D eigenvalue weighted by Gasteiger charge is -1.98. The summed E-state index contributed by atoms with van der Waals surface area (Å²) in [6.45, 7) is 4.11. The van der Waals surface area contributed by atoms with E-state index in [1.54, 1.807) is 6.20 Å². The highest BCUT2D eigenvalue weighted by Gasteiger charge is 1.97. The average Bonchev–Trinajstić information content (AvgIpc) is 2.19. The van der Waals surface area contributed by atoms with E-state index in [1.807, 2.05) is 31.2 Å². The van der Waals surface area contributed by atoms with E-state index in [4.69, 9.17) is 5.41 Å². The van der Waals surface area contributed by atoms with Gasteiger partial charge in [0.05, 0.1) is 11.4 Å². The van der Waals surface area contributed by atoms with E-state index < -0.39 is 0 Å². The van der Waals surface area contributed by atoms with Crippen molar-refractivity contribution in [2.75, 3.05) is 0 Å². The Morgan fingerprint density at radius 1 is 1.54 bits per heavy atom. The number of aromatic nitrogens is 1. The van der Waals surface area contributed by atoms with E-state index >= 15 is 0 Å². The summed E-state index contributed by atoms with van der Waals surface area (Å²) in [5, 5.41) is 7.72. The van der Waals surface area contributed by atoms with Crippen LogP contribution in [0.15, 0.2) is 36.0 Å². The second-order valence-electron chi connectivity index (χ2n) is 2.97. The summed E-state index contributed by atoms with van der Waals surface area (Å²) in [7, 11) is 0. The minimum atomic E-state index is 0.486. The maximum atomic E-state index is 7.72. The first-order chi connectivity index (χ1) is 6.24. The zero-order valence-electron chi connectivity index (χ0n) is 8.04. The molecule has 1 heterocycles. The molecule has 0 bridgehead atoms. The largest absolute Gasteiger partial charge is 0.299 e. The topological polar surface area (TPSA) is 36.7 Å². The van der Waals surface area contributed by atoms with E-state index in [0.29, 0.717) is 5.71 Å². The molecule has 2 heteroatoms. The molecule has 1 aromatic heterocycles. The van der Waals surface area contributed by atoms with Crippen LogP contribution in [0.3, 0.4) is 0 Å². The van der Waals surface area contributed by atoms with Crippen LogP contribution < -0.4 is 0 Å². The Hall–Kier alpha value is -1.44. The fourth-order valence-corrected chi connectivity index (χ4v) is 0.944. The van der Waals surface area contributed by atoms with Gasteiger partial charge < -0.3 is 0 Å². The van der Waals surface area contributed by atoms with Crippen LogP contribution in [0.2, 0.25) is 0 Å². The maximum Gasteiger partial charge on any atom is 0.0878 e. The van der Waals surface area contributed by atoms with Crippen LogP contribution in [0.5, 0.6) is 0 Å². The van der Waals surface area contributed by atoms with Crippen molar-refractivity contribution in [1.82, 2.24) is 4.98 Å². The maximum absolute atomic E-state index is 7.72. The Kier molecular flexibility index (Phi) is 3.38. The third-order valence-corrected chi connectivity index (χ3v) is 1.89. The normalized spacial score (nSPS) is 11.4. The van der Waals surface area contributed by atoms with Gasteiger partial charge >= 0.3 is 0 Å². The van der Waals surface area contributed by atoms with E-state index in [0.717, 1.165) is 12.1 Å². The van der Waals surface area contributed by atoms with Crippen LogP contribution in [-0.2, 0) is 0 Å². The van der Waals surface area contributed by atoms with Crippen LogP contribution in [0.1, 0.15) is 26.0 Å². The summed E-state index contributed by atoms with van der Waals surface area (Å²) in [4.78, 5) is 4.10. The van der Waals surface area contributed by atoms with Crippen LogP contribution >= 0.6 is 0 Å². The molecule has 2 nitrogen and oxygen atoms in total. The predicted octanol–water partition coefficient (Wildman–Crippen LogP) is 2.81. The third-order valence-electron chi connectivity index (χ3n) is 1.89. The Morgan fingerprint density at radius 3 is 2.85 bits per heavy atom. The second kappa shape index (κ2) is 4.55. The van der Waals surface area contributed by atoms with Crippen molar-refractivity contribution in [3.63, 3.8) is 0 Å². The first-order valence-corrected chi connectivity index (χ1v) is 4.41. The smallest absolute Gasteiger partial charge is 0.0878 e. The molecule has 1 rings (SSSR count). The van der Waals surface area contributed by atoms with Crippen molar-refractivity contribution in [3.8, 4) is 0 Å². The molecular weight excluding hydrogens is 160 g/mol. The first kappa shape index (κ1) is 9.65. The summed E-state index contributed by atoms with van der Waals surface area (Å²) in [6, 6.07) is 5.60. The molecular formula is C11H14N2. The van der Waals surface area contributed by atoms with Gasteiger partial charge in [-0.2, -0.15) is 0 Å². The SMILES string of the molecule is CC/C(C)=C/C(=N)c1ccccn1. The Balaban J connectivity index is 2.81. The lowest BCUT2D eigenvalue weighted by atomic mass is 10.1. The zero-order chi connectivity index (χ0) is 9.68. The fraction of sp³-hybridized carbons (Fsp3) is 0.273. The highest BCUT2D eigenvalue weighted by molar-refractivity contribution is 6.05. The minimum absolute atomic E-state index is 0.486. The van der Waals surface area contributed by atoms with Crippen molar-refractivity contribution >= 4 is 5.71 Å². The van der Waals surface area contributed by atoms with Crippen molar-refractivity contribution in [3.05, 3.63) is 41.7 Å². The van der Waals surface area contributed by atoms with Crippen LogP contribution in [0, 0.1) is 5.41 Å². The Labute approximate surface area is 78.8 Å². The molecule has 0 atom stereocenters. The number of hydrogen-bond donors (Lipinski definition) is 1. The zero-order valence-corrected chi connectivity index (χ0v) is 8.04. The molecule has 0 aromatic carbocycles. The number of rotatable bonds is 3. The lowest BCUT2D eigenvalue weighted by molar-refractivity contribution is 1.10. The monoisotopic (exact) mass is 174 g/mol. The molecule has 0 radical (unpaired) electrons. The molecule has 13 heavy (non-hydrogen) atoms. The van der Waals surface area contributed by atoms with Gasteiger partial charge in [-0.3, -0.25) is 10.4 Å². The first-order valence-electron chi connectivity index (χ1n) is 4.41. The molecule has 68 valence electrons. The number of nitrogens with zero attached hydrogens (tertiary/aromatic N) is 1. The molecule has 1 N–H and O–H groups in total. The summed E-state index contributed by atoms with van der Waals surface area (Å²) in [6.07, 6.45) is 4.55. The third kappa shape index (κ3) is 2.82. The van der Waals surface area contributed by atoms with E-state index in [9.17, 15) is 0 Å². The predicted molar refractivity (Wildman–Crippen MR) is 55.1 cm³/mol. The van der Waals surface area contributed by atoms with Gasteiger partial charge in [-0.05, 0) is 31.6 Å². The molecule has 0 spiro atoms. The highest BCUT2D eigenvalue weighted by Crippen LogP contribution is 2.02. The van der Waals surface area contributed by atoms with E-state index in [2.05, 4.69) is 11.9 Å². The summed E-state index contributed by atoms with van der Waals surface area (Å²) in [5.74, 6) is 0. The fourth-order valence-electron chi connectivity index (χ4n) is 0.944. The lowest BCUT2D eigenvalue weighted by Crippen LogP contribution is -1.98. The standard InChI is InChI=1S/C11H14N2/c1-3-9(2)8-10(12)11-6-4-5-7-13-11/h4-8,12H,3H2,1-2H3/b9-8+,12-10?. The van der Waals surface area contributed by atoms with Gasteiger partial charge in [0.2, 0.25) is 0 Å². The minimum Gasteiger partial charge on any atom is -0.299 e. The molecule has 0 aliphatic carbocycles. The summed E-state index contributed by atoms with van der Waals surface area (Å²) in [5.41, 5.74) is 2.42. The van der Waals surface area contributed by atoms with Crippen LogP contribution in [0.25, 0.3) is 0 Å². The second-order valence-corrected chi connectivity index (χ2v) is 2.97. The van der Waals surface area contributed by atoms with Gasteiger partial charge in [0.15, 0.2) is 0 Å². The van der Waals surface area contributed by atoms with Gasteiger partial charge in [-0.1, -0.05) is 18.6 Å². The van der Waals surface area contributed by atoms with Crippen LogP contribution in [0.4, 0.5) is 0 Å². The summed E-state index contributed by atoms with van der Waals surface area (Å²) >= 11 is 0. The van der Waals surface area contributed by atoms with Crippen molar-refractivity contribution < 1.29 is 0 Å². The van der Waals surface area contributed by atoms with Crippen LogP contribution in [-0.4, -0.2) is 10.7 Å². The Morgan fingerprint density at radius 2 is 2.31 bits per heavy atom. The van der Waals surface area contributed by atoms with Crippen molar-refractivity contribution in [2.45, 2.75) is 20.3 Å². The Bertz CT molecular complexity index is 312. The van der Waals surface area contributed by atoms with Gasteiger partial charge in [-0.25, -0.2) is 0 Å². The molecule has 0 saturated heterocycles. The van der Waals surface area contributed by atoms with Gasteiger partial charge in [0, 0.05) is 6.20 Å². The molecule has 0 aliphatic rings. The molecule has 0 fully saturated rings. The average molecular weight is 174 g/mol. The molecule has 1 aromatic rings. The molecule has 0 amide bonds. The van der Waals surface area contributed by atoms with Crippen molar-refractivity contribution in [2.24, 2.45) is 0 Å². The van der Waals surface area contributed by atoms with Gasteiger partial charge in [-0.15, -0.1) is 0 Å².